The third-order valence-electron chi connectivity index (χ3n) is 3.88. The van der Waals surface area contributed by atoms with Crippen LogP contribution in [0.15, 0.2) is 28.6 Å². The van der Waals surface area contributed by atoms with E-state index in [9.17, 15) is 4.39 Å². The third-order valence-corrected chi connectivity index (χ3v) is 5.67. The highest BCUT2D eigenvalue weighted by molar-refractivity contribution is 7.97. The SMILES string of the molecule is CN=C(NCCc1csc(C(C)C)n1)NCc1ccc(F)cc1CSC. The van der Waals surface area contributed by atoms with E-state index in [4.69, 9.17) is 0 Å². The molecule has 4 nitrogen and oxygen atoms in total. The molecule has 0 bridgehead atoms. The first-order valence-electron chi connectivity index (χ1n) is 8.68. The van der Waals surface area contributed by atoms with Crippen LogP contribution in [-0.2, 0) is 18.7 Å². The Balaban J connectivity index is 1.84. The molecule has 2 rings (SSSR count). The van der Waals surface area contributed by atoms with Gasteiger partial charge >= 0.3 is 0 Å². The predicted molar refractivity (Wildman–Crippen MR) is 112 cm³/mol. The number of aliphatic imine (C=N–C) groups is 1. The molecule has 1 aromatic heterocycles. The quantitative estimate of drug-likeness (QED) is 0.521. The summed E-state index contributed by atoms with van der Waals surface area (Å²) in [5.74, 6) is 1.82. The minimum Gasteiger partial charge on any atom is -0.356 e. The van der Waals surface area contributed by atoms with Gasteiger partial charge in [0.25, 0.3) is 0 Å². The first-order valence-corrected chi connectivity index (χ1v) is 11.0. The molecule has 0 fully saturated rings. The molecule has 0 aliphatic rings. The fraction of sp³-hybridized carbons (Fsp3) is 0.474. The lowest BCUT2D eigenvalue weighted by Gasteiger charge is -2.14. The minimum atomic E-state index is -0.190. The van der Waals surface area contributed by atoms with Gasteiger partial charge in [-0.05, 0) is 29.5 Å². The zero-order valence-corrected chi connectivity index (χ0v) is 17.4. The summed E-state index contributed by atoms with van der Waals surface area (Å²) < 4.78 is 13.4. The molecular weight excluding hydrogens is 367 g/mol. The van der Waals surface area contributed by atoms with Gasteiger partial charge in [-0.3, -0.25) is 4.99 Å². The van der Waals surface area contributed by atoms with Crippen LogP contribution in [-0.4, -0.2) is 30.8 Å². The summed E-state index contributed by atoms with van der Waals surface area (Å²) in [4.78, 5) is 8.91. The zero-order valence-electron chi connectivity index (χ0n) is 15.8. The fourth-order valence-electron chi connectivity index (χ4n) is 2.47. The highest BCUT2D eigenvalue weighted by Gasteiger charge is 2.07. The maximum absolute atomic E-state index is 13.4. The van der Waals surface area contributed by atoms with Crippen LogP contribution in [0.2, 0.25) is 0 Å². The Morgan fingerprint density at radius 2 is 2.12 bits per heavy atom. The van der Waals surface area contributed by atoms with Crippen molar-refractivity contribution in [3.05, 3.63) is 51.2 Å². The number of thioether (sulfide) groups is 1. The maximum Gasteiger partial charge on any atom is 0.191 e. The summed E-state index contributed by atoms with van der Waals surface area (Å²) >= 11 is 3.41. The van der Waals surface area contributed by atoms with E-state index < -0.39 is 0 Å². The number of aromatic nitrogens is 1. The average Bonchev–Trinajstić information content (AvgIpc) is 3.09. The van der Waals surface area contributed by atoms with Crippen molar-refractivity contribution in [2.75, 3.05) is 19.8 Å². The van der Waals surface area contributed by atoms with Gasteiger partial charge in [-0.25, -0.2) is 9.37 Å². The lowest BCUT2D eigenvalue weighted by Crippen LogP contribution is -2.38. The van der Waals surface area contributed by atoms with Crippen molar-refractivity contribution < 1.29 is 4.39 Å². The van der Waals surface area contributed by atoms with Gasteiger partial charge in [0.2, 0.25) is 0 Å². The van der Waals surface area contributed by atoms with Crippen molar-refractivity contribution >= 4 is 29.1 Å². The van der Waals surface area contributed by atoms with Crippen LogP contribution in [0.4, 0.5) is 4.39 Å². The van der Waals surface area contributed by atoms with Gasteiger partial charge in [0, 0.05) is 43.6 Å². The van der Waals surface area contributed by atoms with Gasteiger partial charge in [-0.15, -0.1) is 11.3 Å². The highest BCUT2D eigenvalue weighted by Crippen LogP contribution is 2.19. The Kier molecular flexibility index (Phi) is 8.38. The van der Waals surface area contributed by atoms with Crippen LogP contribution in [0.25, 0.3) is 0 Å². The molecule has 142 valence electrons. The topological polar surface area (TPSA) is 49.3 Å². The molecule has 0 saturated carbocycles. The van der Waals surface area contributed by atoms with Crippen molar-refractivity contribution in [3.8, 4) is 0 Å². The molecule has 7 heteroatoms. The number of hydrogen-bond donors (Lipinski definition) is 2. The van der Waals surface area contributed by atoms with E-state index in [1.54, 1.807) is 36.2 Å². The fourth-order valence-corrected chi connectivity index (χ4v) is 3.92. The van der Waals surface area contributed by atoms with Gasteiger partial charge in [0.15, 0.2) is 5.96 Å². The number of rotatable bonds is 8. The predicted octanol–water partition coefficient (Wildman–Crippen LogP) is 4.18. The second-order valence-electron chi connectivity index (χ2n) is 6.28. The van der Waals surface area contributed by atoms with E-state index in [1.165, 1.54) is 11.1 Å². The van der Waals surface area contributed by atoms with Crippen molar-refractivity contribution in [2.24, 2.45) is 4.99 Å². The molecule has 0 radical (unpaired) electrons. The number of halogens is 1. The van der Waals surface area contributed by atoms with Gasteiger partial charge in [-0.1, -0.05) is 19.9 Å². The smallest absolute Gasteiger partial charge is 0.191 e. The summed E-state index contributed by atoms with van der Waals surface area (Å²) in [6.07, 6.45) is 2.88. The molecular formula is C19H27FN4S2. The van der Waals surface area contributed by atoms with E-state index in [2.05, 4.69) is 39.8 Å². The normalized spacial score (nSPS) is 11.8. The molecule has 1 aromatic carbocycles. The molecule has 0 aliphatic carbocycles. The number of benzene rings is 1. The van der Waals surface area contributed by atoms with Crippen LogP contribution in [0.5, 0.6) is 0 Å². The van der Waals surface area contributed by atoms with Crippen LogP contribution in [0, 0.1) is 5.82 Å². The second kappa shape index (κ2) is 10.5. The molecule has 1 heterocycles. The van der Waals surface area contributed by atoms with E-state index in [1.807, 2.05) is 12.3 Å². The number of nitrogens with one attached hydrogen (secondary N) is 2. The molecule has 0 spiro atoms. The molecule has 0 saturated heterocycles. The molecule has 26 heavy (non-hydrogen) atoms. The third kappa shape index (κ3) is 6.29. The molecule has 2 N–H and O–H groups in total. The minimum absolute atomic E-state index is 0.190. The van der Waals surface area contributed by atoms with Crippen LogP contribution in [0.1, 0.15) is 41.6 Å². The van der Waals surface area contributed by atoms with E-state index in [0.717, 1.165) is 41.5 Å². The number of hydrogen-bond acceptors (Lipinski definition) is 4. The number of guanidine groups is 1. The lowest BCUT2D eigenvalue weighted by atomic mass is 10.1. The monoisotopic (exact) mass is 394 g/mol. The Bertz CT molecular complexity index is 728. The summed E-state index contributed by atoms with van der Waals surface area (Å²) in [6, 6.07) is 4.95. The standard InChI is InChI=1S/C19H27FN4S2/c1-13(2)18-24-17(12-26-18)7-8-22-19(21-3)23-10-14-5-6-16(20)9-15(14)11-25-4/h5-6,9,12-13H,7-8,10-11H2,1-4H3,(H2,21,22,23). The van der Waals surface area contributed by atoms with Crippen LogP contribution < -0.4 is 10.6 Å². The Morgan fingerprint density at radius 3 is 2.77 bits per heavy atom. The summed E-state index contributed by atoms with van der Waals surface area (Å²) in [5.41, 5.74) is 3.22. The van der Waals surface area contributed by atoms with Crippen LogP contribution in [0.3, 0.4) is 0 Å². The van der Waals surface area contributed by atoms with Gasteiger partial charge in [0.1, 0.15) is 5.82 Å². The molecule has 0 amide bonds. The largest absolute Gasteiger partial charge is 0.356 e. The highest BCUT2D eigenvalue weighted by atomic mass is 32.2. The Hall–Kier alpha value is -1.60. The number of nitrogens with zero attached hydrogens (tertiary/aromatic N) is 2. The van der Waals surface area contributed by atoms with Crippen molar-refractivity contribution in [1.82, 2.24) is 15.6 Å². The van der Waals surface area contributed by atoms with Gasteiger partial charge in [0.05, 0.1) is 10.7 Å². The van der Waals surface area contributed by atoms with Crippen LogP contribution >= 0.6 is 23.1 Å². The van der Waals surface area contributed by atoms with E-state index >= 15 is 0 Å². The summed E-state index contributed by atoms with van der Waals surface area (Å²) in [6.45, 7) is 5.70. The molecule has 0 unspecified atom stereocenters. The molecule has 0 aliphatic heterocycles. The maximum atomic E-state index is 13.4. The lowest BCUT2D eigenvalue weighted by molar-refractivity contribution is 0.625. The Morgan fingerprint density at radius 1 is 1.31 bits per heavy atom. The van der Waals surface area contributed by atoms with Gasteiger partial charge < -0.3 is 10.6 Å². The van der Waals surface area contributed by atoms with Crippen molar-refractivity contribution in [2.45, 2.75) is 38.5 Å². The van der Waals surface area contributed by atoms with Gasteiger partial charge in [-0.2, -0.15) is 11.8 Å². The number of thiazole rings is 1. The Labute approximate surface area is 163 Å². The van der Waals surface area contributed by atoms with Crippen molar-refractivity contribution in [3.63, 3.8) is 0 Å². The molecule has 2 aromatic rings. The van der Waals surface area contributed by atoms with Crippen molar-refractivity contribution in [1.29, 1.82) is 0 Å². The van der Waals surface area contributed by atoms with E-state index in [0.29, 0.717) is 12.5 Å². The second-order valence-corrected chi connectivity index (χ2v) is 8.04. The summed E-state index contributed by atoms with van der Waals surface area (Å²) in [7, 11) is 1.75. The zero-order chi connectivity index (χ0) is 18.9. The summed E-state index contributed by atoms with van der Waals surface area (Å²) in [5, 5.41) is 9.92. The first kappa shape index (κ1) is 20.7. The first-order chi connectivity index (χ1) is 12.5. The average molecular weight is 395 g/mol. The van der Waals surface area contributed by atoms with E-state index in [-0.39, 0.29) is 5.82 Å². The molecule has 0 atom stereocenters.